The molecule has 0 radical (unpaired) electrons. The molecule has 1 aliphatic carbocycles. The smallest absolute Gasteiger partial charge is 0.250 e. The predicted molar refractivity (Wildman–Crippen MR) is 105 cm³/mol. The van der Waals surface area contributed by atoms with E-state index in [2.05, 4.69) is 17.4 Å². The number of aryl methyl sites for hydroxylation is 1. The monoisotopic (exact) mass is 368 g/mol. The number of carbonyl (C=O) groups excluding carboxylic acids is 1. The van der Waals surface area contributed by atoms with E-state index < -0.39 is 0 Å². The fourth-order valence-electron chi connectivity index (χ4n) is 3.64. The van der Waals surface area contributed by atoms with Gasteiger partial charge in [0, 0.05) is 24.7 Å². The Hall–Kier alpha value is -2.40. The molecule has 1 amide bonds. The van der Waals surface area contributed by atoms with Gasteiger partial charge in [0.15, 0.2) is 0 Å². The number of nitrogens with zero attached hydrogens (tertiary/aromatic N) is 1. The summed E-state index contributed by atoms with van der Waals surface area (Å²) >= 11 is 0. The second kappa shape index (κ2) is 9.51. The number of hydrogen-bond acceptors (Lipinski definition) is 3. The van der Waals surface area contributed by atoms with Crippen molar-refractivity contribution in [3.8, 4) is 0 Å². The minimum atomic E-state index is -0.0652. The van der Waals surface area contributed by atoms with Gasteiger partial charge in [-0.2, -0.15) is 0 Å². The van der Waals surface area contributed by atoms with E-state index in [4.69, 9.17) is 4.74 Å². The standard InChI is InChI=1S/C22H28N2O3/c1-17-8-7-13-22(26)24(17)15-14-21(25)23-19-11-5-6-12-20(19)27-16-18-9-3-2-4-10-18/h2-4,7-10,13,19-20H,5-6,11-12,14-16H2,1H3,(H,23,25)/t19-,20-/m0/s1. The predicted octanol–water partition coefficient (Wildman–Crippen LogP) is 3.19. The zero-order valence-corrected chi connectivity index (χ0v) is 15.9. The van der Waals surface area contributed by atoms with Crippen molar-refractivity contribution in [2.45, 2.75) is 64.3 Å². The van der Waals surface area contributed by atoms with Crippen LogP contribution in [0, 0.1) is 6.92 Å². The highest BCUT2D eigenvalue weighted by atomic mass is 16.5. The number of hydrogen-bond donors (Lipinski definition) is 1. The maximum atomic E-state index is 12.4. The molecule has 3 rings (SSSR count). The molecule has 1 aromatic carbocycles. The summed E-state index contributed by atoms with van der Waals surface area (Å²) in [7, 11) is 0. The lowest BCUT2D eigenvalue weighted by atomic mass is 9.92. The molecule has 0 spiro atoms. The Kier molecular flexibility index (Phi) is 6.82. The second-order valence-corrected chi connectivity index (χ2v) is 7.20. The molecule has 0 saturated heterocycles. The minimum Gasteiger partial charge on any atom is -0.371 e. The molecule has 1 aromatic heterocycles. The average molecular weight is 368 g/mol. The Labute approximate surface area is 160 Å². The summed E-state index contributed by atoms with van der Waals surface area (Å²) < 4.78 is 7.76. The highest BCUT2D eigenvalue weighted by Crippen LogP contribution is 2.22. The molecular weight excluding hydrogens is 340 g/mol. The molecule has 1 N–H and O–H groups in total. The van der Waals surface area contributed by atoms with Gasteiger partial charge in [-0.25, -0.2) is 0 Å². The van der Waals surface area contributed by atoms with Gasteiger partial charge in [-0.3, -0.25) is 9.59 Å². The van der Waals surface area contributed by atoms with Crippen LogP contribution in [0.25, 0.3) is 0 Å². The quantitative estimate of drug-likeness (QED) is 0.816. The van der Waals surface area contributed by atoms with Gasteiger partial charge >= 0.3 is 0 Å². The molecule has 2 atom stereocenters. The van der Waals surface area contributed by atoms with Crippen LogP contribution in [0.3, 0.4) is 0 Å². The Bertz CT molecular complexity index is 801. The molecule has 2 aromatic rings. The third kappa shape index (κ3) is 5.54. The van der Waals surface area contributed by atoms with Crippen LogP contribution in [0.15, 0.2) is 53.3 Å². The number of carbonyl (C=O) groups is 1. The van der Waals surface area contributed by atoms with Gasteiger partial charge in [-0.15, -0.1) is 0 Å². The van der Waals surface area contributed by atoms with Gasteiger partial charge < -0.3 is 14.6 Å². The summed E-state index contributed by atoms with van der Waals surface area (Å²) in [4.78, 5) is 24.4. The van der Waals surface area contributed by atoms with E-state index >= 15 is 0 Å². The Balaban J connectivity index is 1.52. The topological polar surface area (TPSA) is 60.3 Å². The van der Waals surface area contributed by atoms with Crippen LogP contribution in [-0.2, 0) is 22.7 Å². The number of nitrogens with one attached hydrogen (secondary N) is 1. The molecule has 0 unspecified atom stereocenters. The van der Waals surface area contributed by atoms with Crippen molar-refractivity contribution in [3.05, 3.63) is 70.1 Å². The number of pyridine rings is 1. The Morgan fingerprint density at radius 1 is 1.11 bits per heavy atom. The van der Waals surface area contributed by atoms with E-state index in [1.54, 1.807) is 10.6 Å². The summed E-state index contributed by atoms with van der Waals surface area (Å²) in [5.74, 6) is -0.0228. The van der Waals surface area contributed by atoms with Gasteiger partial charge in [0.1, 0.15) is 0 Å². The molecule has 1 saturated carbocycles. The SMILES string of the molecule is Cc1cccc(=O)n1CCC(=O)N[C@H]1CCCC[C@@H]1OCc1ccccc1. The molecule has 1 fully saturated rings. The van der Waals surface area contributed by atoms with Crippen LogP contribution in [0.2, 0.25) is 0 Å². The van der Waals surface area contributed by atoms with Gasteiger partial charge in [-0.1, -0.05) is 49.2 Å². The van der Waals surface area contributed by atoms with Crippen molar-refractivity contribution in [2.75, 3.05) is 0 Å². The van der Waals surface area contributed by atoms with Crippen molar-refractivity contribution in [1.29, 1.82) is 0 Å². The van der Waals surface area contributed by atoms with Crippen molar-refractivity contribution in [3.63, 3.8) is 0 Å². The van der Waals surface area contributed by atoms with Gasteiger partial charge in [0.2, 0.25) is 5.91 Å². The second-order valence-electron chi connectivity index (χ2n) is 7.20. The lowest BCUT2D eigenvalue weighted by Gasteiger charge is -2.32. The lowest BCUT2D eigenvalue weighted by molar-refractivity contribution is -0.124. The van der Waals surface area contributed by atoms with Crippen molar-refractivity contribution < 1.29 is 9.53 Å². The molecule has 0 aliphatic heterocycles. The van der Waals surface area contributed by atoms with Crippen LogP contribution in [0.5, 0.6) is 0 Å². The van der Waals surface area contributed by atoms with Crippen molar-refractivity contribution >= 4 is 5.91 Å². The number of amides is 1. The third-order valence-electron chi connectivity index (χ3n) is 5.19. The summed E-state index contributed by atoms with van der Waals surface area (Å²) in [6, 6.07) is 15.3. The van der Waals surface area contributed by atoms with E-state index in [9.17, 15) is 9.59 Å². The van der Waals surface area contributed by atoms with E-state index in [0.29, 0.717) is 19.6 Å². The van der Waals surface area contributed by atoms with Crippen LogP contribution >= 0.6 is 0 Å². The first-order valence-electron chi connectivity index (χ1n) is 9.75. The van der Waals surface area contributed by atoms with E-state index in [1.165, 1.54) is 6.07 Å². The zero-order valence-electron chi connectivity index (χ0n) is 15.9. The Morgan fingerprint density at radius 2 is 1.89 bits per heavy atom. The number of aromatic nitrogens is 1. The summed E-state index contributed by atoms with van der Waals surface area (Å²) in [5, 5.41) is 3.14. The zero-order chi connectivity index (χ0) is 19.1. The molecule has 144 valence electrons. The van der Waals surface area contributed by atoms with Crippen molar-refractivity contribution in [2.24, 2.45) is 0 Å². The van der Waals surface area contributed by atoms with Crippen LogP contribution in [-0.4, -0.2) is 22.6 Å². The number of rotatable bonds is 7. The molecule has 1 heterocycles. The van der Waals surface area contributed by atoms with Gasteiger partial charge in [0.25, 0.3) is 5.56 Å². The highest BCUT2D eigenvalue weighted by molar-refractivity contribution is 5.76. The first-order chi connectivity index (χ1) is 13.1. The first-order valence-corrected chi connectivity index (χ1v) is 9.75. The van der Waals surface area contributed by atoms with Crippen molar-refractivity contribution in [1.82, 2.24) is 9.88 Å². The molecule has 5 nitrogen and oxygen atoms in total. The highest BCUT2D eigenvalue weighted by Gasteiger charge is 2.27. The molecule has 27 heavy (non-hydrogen) atoms. The number of ether oxygens (including phenoxy) is 1. The van der Waals surface area contributed by atoms with E-state index in [1.807, 2.05) is 31.2 Å². The molecule has 1 aliphatic rings. The summed E-state index contributed by atoms with van der Waals surface area (Å²) in [5.41, 5.74) is 1.95. The third-order valence-corrected chi connectivity index (χ3v) is 5.19. The van der Waals surface area contributed by atoms with Crippen LogP contribution in [0.1, 0.15) is 43.4 Å². The minimum absolute atomic E-state index is 0.0228. The van der Waals surface area contributed by atoms with E-state index in [-0.39, 0.29) is 23.6 Å². The Morgan fingerprint density at radius 3 is 2.67 bits per heavy atom. The largest absolute Gasteiger partial charge is 0.371 e. The van der Waals surface area contributed by atoms with E-state index in [0.717, 1.165) is 36.9 Å². The summed E-state index contributed by atoms with van der Waals surface area (Å²) in [6.45, 7) is 2.85. The molecular formula is C22H28N2O3. The first kappa shape index (κ1) is 19.4. The van der Waals surface area contributed by atoms with Gasteiger partial charge in [-0.05, 0) is 31.4 Å². The summed E-state index contributed by atoms with van der Waals surface area (Å²) in [6.07, 6.45) is 4.48. The van der Waals surface area contributed by atoms with Gasteiger partial charge in [0.05, 0.1) is 18.8 Å². The lowest BCUT2D eigenvalue weighted by Crippen LogP contribution is -2.46. The number of benzene rings is 1. The maximum Gasteiger partial charge on any atom is 0.250 e. The normalized spacial score (nSPS) is 19.6. The molecule has 0 bridgehead atoms. The van der Waals surface area contributed by atoms with Crippen LogP contribution in [0.4, 0.5) is 0 Å². The fraction of sp³-hybridized carbons (Fsp3) is 0.455. The maximum absolute atomic E-state index is 12.4. The molecule has 5 heteroatoms. The van der Waals surface area contributed by atoms with Crippen LogP contribution < -0.4 is 10.9 Å². The average Bonchev–Trinajstić information content (AvgIpc) is 2.68. The fourth-order valence-corrected chi connectivity index (χ4v) is 3.64.